The van der Waals surface area contributed by atoms with Gasteiger partial charge in [-0.25, -0.2) is 13.1 Å². The third kappa shape index (κ3) is 4.96. The van der Waals surface area contributed by atoms with Gasteiger partial charge in [-0.1, -0.05) is 6.92 Å². The average Bonchev–Trinajstić information content (AvgIpc) is 2.46. The normalized spacial score (nSPS) is 11.3. The van der Waals surface area contributed by atoms with Crippen LogP contribution in [0.1, 0.15) is 13.3 Å². The van der Waals surface area contributed by atoms with Crippen molar-refractivity contribution < 1.29 is 18.1 Å². The lowest BCUT2D eigenvalue weighted by Gasteiger charge is -2.10. The first-order chi connectivity index (χ1) is 9.92. The maximum absolute atomic E-state index is 12.2. The summed E-state index contributed by atoms with van der Waals surface area (Å²) in [5.41, 5.74) is -0.305. The molecular formula is C12H19N3O5S. The molecule has 8 nitrogen and oxygen atoms in total. The number of sulfonamides is 1. The van der Waals surface area contributed by atoms with Crippen molar-refractivity contribution in [1.29, 1.82) is 0 Å². The van der Waals surface area contributed by atoms with Gasteiger partial charge in [0.05, 0.1) is 12.0 Å². The van der Waals surface area contributed by atoms with Crippen molar-refractivity contribution in [3.63, 3.8) is 0 Å². The Balaban J connectivity index is 2.90. The van der Waals surface area contributed by atoms with Gasteiger partial charge in [0.1, 0.15) is 10.6 Å². The lowest BCUT2D eigenvalue weighted by atomic mass is 10.3. The molecule has 0 fully saturated rings. The number of nitrogens with zero attached hydrogens (tertiary/aromatic N) is 1. The van der Waals surface area contributed by atoms with Crippen LogP contribution in [0.4, 0.5) is 5.69 Å². The minimum Gasteiger partial charge on any atom is -0.495 e. The number of ether oxygens (including phenoxy) is 1. The van der Waals surface area contributed by atoms with E-state index in [9.17, 15) is 18.5 Å². The van der Waals surface area contributed by atoms with Crippen LogP contribution < -0.4 is 14.8 Å². The van der Waals surface area contributed by atoms with Crippen LogP contribution in [0.5, 0.6) is 5.75 Å². The smallest absolute Gasteiger partial charge is 0.271 e. The summed E-state index contributed by atoms with van der Waals surface area (Å²) < 4.78 is 31.7. The number of methoxy groups -OCH3 is 1. The number of benzene rings is 1. The highest BCUT2D eigenvalue weighted by Gasteiger charge is 2.22. The van der Waals surface area contributed by atoms with Gasteiger partial charge in [0.25, 0.3) is 5.69 Å². The fourth-order valence-corrected chi connectivity index (χ4v) is 2.86. The second kappa shape index (κ2) is 7.91. The van der Waals surface area contributed by atoms with E-state index in [4.69, 9.17) is 4.74 Å². The molecule has 0 aliphatic rings. The molecule has 0 aliphatic carbocycles. The van der Waals surface area contributed by atoms with Crippen LogP contribution in [-0.4, -0.2) is 40.1 Å². The molecule has 1 rings (SSSR count). The van der Waals surface area contributed by atoms with Gasteiger partial charge in [-0.05, 0) is 19.0 Å². The second-order valence-corrected chi connectivity index (χ2v) is 5.98. The zero-order valence-corrected chi connectivity index (χ0v) is 12.8. The predicted octanol–water partition coefficient (Wildman–Crippen LogP) is 0.881. The molecule has 21 heavy (non-hydrogen) atoms. The summed E-state index contributed by atoms with van der Waals surface area (Å²) >= 11 is 0. The molecule has 1 aromatic rings. The van der Waals surface area contributed by atoms with Crippen LogP contribution >= 0.6 is 0 Å². The highest BCUT2D eigenvalue weighted by atomic mass is 32.2. The lowest BCUT2D eigenvalue weighted by molar-refractivity contribution is -0.385. The topological polar surface area (TPSA) is 111 Å². The van der Waals surface area contributed by atoms with Crippen LogP contribution in [0.3, 0.4) is 0 Å². The number of nitro benzene ring substituents is 1. The minimum atomic E-state index is -3.87. The summed E-state index contributed by atoms with van der Waals surface area (Å²) in [4.78, 5) is 9.86. The maximum Gasteiger partial charge on any atom is 0.271 e. The van der Waals surface area contributed by atoms with Crippen LogP contribution in [0, 0.1) is 10.1 Å². The van der Waals surface area contributed by atoms with Gasteiger partial charge in [0.2, 0.25) is 10.0 Å². The zero-order valence-electron chi connectivity index (χ0n) is 12.0. The molecule has 0 amide bonds. The van der Waals surface area contributed by atoms with Gasteiger partial charge in [-0.3, -0.25) is 10.1 Å². The van der Waals surface area contributed by atoms with Crippen molar-refractivity contribution in [2.45, 2.75) is 18.2 Å². The van der Waals surface area contributed by atoms with Gasteiger partial charge in [-0.15, -0.1) is 0 Å². The maximum atomic E-state index is 12.2. The number of rotatable bonds is 9. The van der Waals surface area contributed by atoms with Gasteiger partial charge in [-0.2, -0.15) is 0 Å². The summed E-state index contributed by atoms with van der Waals surface area (Å²) in [6, 6.07) is 3.45. The Hall–Kier alpha value is -1.71. The van der Waals surface area contributed by atoms with Gasteiger partial charge < -0.3 is 10.1 Å². The molecular weight excluding hydrogens is 298 g/mol. The summed E-state index contributed by atoms with van der Waals surface area (Å²) in [5.74, 6) is 0.0645. The highest BCUT2D eigenvalue weighted by molar-refractivity contribution is 7.89. The van der Waals surface area contributed by atoms with E-state index < -0.39 is 14.9 Å². The monoisotopic (exact) mass is 317 g/mol. The van der Waals surface area contributed by atoms with Crippen molar-refractivity contribution in [1.82, 2.24) is 10.0 Å². The summed E-state index contributed by atoms with van der Waals surface area (Å²) in [7, 11) is -2.56. The van der Waals surface area contributed by atoms with Gasteiger partial charge in [0.15, 0.2) is 0 Å². The SMILES string of the molecule is CCCNCCNS(=O)(=O)c1cc([N+](=O)[O-])ccc1OC. The molecule has 0 saturated carbocycles. The molecule has 0 spiro atoms. The standard InChI is InChI=1S/C12H19N3O5S/c1-3-6-13-7-8-14-21(18,19)12-9-10(15(16)17)4-5-11(12)20-2/h4-5,9,13-14H,3,6-8H2,1-2H3. The van der Waals surface area contributed by atoms with Crippen molar-refractivity contribution in [3.8, 4) is 5.75 Å². The first-order valence-corrected chi connectivity index (χ1v) is 7.93. The molecule has 0 aromatic heterocycles. The van der Waals surface area contributed by atoms with Crippen LogP contribution in [0.2, 0.25) is 0 Å². The van der Waals surface area contributed by atoms with E-state index in [1.807, 2.05) is 6.92 Å². The predicted molar refractivity (Wildman–Crippen MR) is 78.0 cm³/mol. The summed E-state index contributed by atoms with van der Waals surface area (Å²) in [6.45, 7) is 3.46. The number of non-ortho nitro benzene ring substituents is 1. The fraction of sp³-hybridized carbons (Fsp3) is 0.500. The van der Waals surface area contributed by atoms with Crippen LogP contribution in [0.25, 0.3) is 0 Å². The Bertz CT molecular complexity index is 589. The first-order valence-electron chi connectivity index (χ1n) is 6.45. The Morgan fingerprint density at radius 2 is 2.00 bits per heavy atom. The number of hydrogen-bond acceptors (Lipinski definition) is 6. The Morgan fingerprint density at radius 3 is 2.57 bits per heavy atom. The van der Waals surface area contributed by atoms with Crippen LogP contribution in [0.15, 0.2) is 23.1 Å². The van der Waals surface area contributed by atoms with E-state index >= 15 is 0 Å². The van der Waals surface area contributed by atoms with E-state index in [1.54, 1.807) is 0 Å². The molecule has 0 saturated heterocycles. The first kappa shape index (κ1) is 17.3. The minimum absolute atomic E-state index is 0.0645. The average molecular weight is 317 g/mol. The zero-order chi connectivity index (χ0) is 15.9. The third-order valence-corrected chi connectivity index (χ3v) is 4.15. The number of nitro groups is 1. The molecule has 0 heterocycles. The van der Waals surface area contributed by atoms with E-state index in [0.29, 0.717) is 6.54 Å². The van der Waals surface area contributed by atoms with Crippen LogP contribution in [-0.2, 0) is 10.0 Å². The Kier molecular flexibility index (Phi) is 6.53. The van der Waals surface area contributed by atoms with Crippen molar-refractivity contribution in [3.05, 3.63) is 28.3 Å². The van der Waals surface area contributed by atoms with E-state index in [1.165, 1.54) is 19.2 Å². The molecule has 9 heteroatoms. The fourth-order valence-electron chi connectivity index (χ4n) is 1.64. The molecule has 2 N–H and O–H groups in total. The molecule has 0 aliphatic heterocycles. The number of hydrogen-bond donors (Lipinski definition) is 2. The van der Waals surface area contributed by atoms with Crippen molar-refractivity contribution >= 4 is 15.7 Å². The van der Waals surface area contributed by atoms with E-state index in [-0.39, 0.29) is 22.9 Å². The number of nitrogens with one attached hydrogen (secondary N) is 2. The van der Waals surface area contributed by atoms with Crippen molar-refractivity contribution in [2.24, 2.45) is 0 Å². The molecule has 118 valence electrons. The largest absolute Gasteiger partial charge is 0.495 e. The molecule has 0 radical (unpaired) electrons. The molecule has 0 unspecified atom stereocenters. The van der Waals surface area contributed by atoms with Gasteiger partial charge in [0, 0.05) is 25.2 Å². The molecule has 0 atom stereocenters. The third-order valence-electron chi connectivity index (χ3n) is 2.67. The lowest BCUT2D eigenvalue weighted by Crippen LogP contribution is -2.32. The quantitative estimate of drug-likeness (QED) is 0.397. The Labute approximate surface area is 123 Å². The van der Waals surface area contributed by atoms with E-state index in [0.717, 1.165) is 19.0 Å². The van der Waals surface area contributed by atoms with E-state index in [2.05, 4.69) is 10.0 Å². The van der Waals surface area contributed by atoms with Crippen molar-refractivity contribution in [2.75, 3.05) is 26.7 Å². The second-order valence-electron chi connectivity index (χ2n) is 4.24. The summed E-state index contributed by atoms with van der Waals surface area (Å²) in [6.07, 6.45) is 0.950. The molecule has 0 bridgehead atoms. The molecule has 1 aromatic carbocycles. The Morgan fingerprint density at radius 1 is 1.29 bits per heavy atom. The highest BCUT2D eigenvalue weighted by Crippen LogP contribution is 2.27. The van der Waals surface area contributed by atoms with Gasteiger partial charge >= 0.3 is 0 Å². The summed E-state index contributed by atoms with van der Waals surface area (Å²) in [5, 5.41) is 13.8.